The molecule has 1 aromatic rings. The topological polar surface area (TPSA) is 55.1 Å². The molecule has 3 N–H and O–H groups in total. The zero-order valence-corrected chi connectivity index (χ0v) is 8.21. The smallest absolute Gasteiger partial charge is 0.238 e. The van der Waals surface area contributed by atoms with Crippen molar-refractivity contribution in [2.45, 2.75) is 0 Å². The van der Waals surface area contributed by atoms with Gasteiger partial charge in [0.1, 0.15) is 0 Å². The molecule has 1 amide bonds. The molecule has 0 radical (unpaired) electrons. The van der Waals surface area contributed by atoms with Crippen LogP contribution in [-0.2, 0) is 4.79 Å². The van der Waals surface area contributed by atoms with Crippen LogP contribution < -0.4 is 11.1 Å². The fraction of sp³-hybridized carbons (Fsp3) is 0.125. The third-order valence-electron chi connectivity index (χ3n) is 1.49. The van der Waals surface area contributed by atoms with Gasteiger partial charge in [-0.15, -0.1) is 12.4 Å². The fourth-order valence-corrected chi connectivity index (χ4v) is 0.824. The summed E-state index contributed by atoms with van der Waals surface area (Å²) < 4.78 is 37.9. The van der Waals surface area contributed by atoms with E-state index >= 15 is 0 Å². The van der Waals surface area contributed by atoms with E-state index in [1.165, 1.54) is 0 Å². The summed E-state index contributed by atoms with van der Waals surface area (Å²) in [4.78, 5) is 10.7. The second kappa shape index (κ2) is 5.57. The van der Waals surface area contributed by atoms with Gasteiger partial charge in [-0.05, 0) is 12.1 Å². The molecule has 0 aromatic heterocycles. The monoisotopic (exact) mass is 240 g/mol. The number of amides is 1. The van der Waals surface area contributed by atoms with Crippen LogP contribution in [0.25, 0.3) is 0 Å². The summed E-state index contributed by atoms with van der Waals surface area (Å²) in [5, 5.41) is 1.98. The largest absolute Gasteiger partial charge is 0.322 e. The van der Waals surface area contributed by atoms with Crippen molar-refractivity contribution in [1.82, 2.24) is 0 Å². The van der Waals surface area contributed by atoms with Gasteiger partial charge in [0.2, 0.25) is 5.91 Å². The molecule has 0 fully saturated rings. The maximum absolute atomic E-state index is 12.9. The molecule has 0 aliphatic carbocycles. The van der Waals surface area contributed by atoms with Crippen molar-refractivity contribution in [3.63, 3.8) is 0 Å². The molecule has 0 bridgehead atoms. The minimum Gasteiger partial charge on any atom is -0.322 e. The van der Waals surface area contributed by atoms with E-state index in [1.807, 2.05) is 5.32 Å². The lowest BCUT2D eigenvalue weighted by Crippen LogP contribution is -2.22. The molecule has 0 spiro atoms. The number of hydrogen-bond donors (Lipinski definition) is 2. The highest BCUT2D eigenvalue weighted by molar-refractivity contribution is 5.92. The Morgan fingerprint density at radius 1 is 1.27 bits per heavy atom. The van der Waals surface area contributed by atoms with Crippen LogP contribution in [0, 0.1) is 17.5 Å². The van der Waals surface area contributed by atoms with Crippen LogP contribution in [0.4, 0.5) is 18.9 Å². The second-order valence-electron chi connectivity index (χ2n) is 2.48. The average Bonchev–Trinajstić information content (AvgIpc) is 2.19. The quantitative estimate of drug-likeness (QED) is 0.769. The summed E-state index contributed by atoms with van der Waals surface area (Å²) in [6.07, 6.45) is 0. The van der Waals surface area contributed by atoms with Gasteiger partial charge in [0.05, 0.1) is 12.2 Å². The molecule has 1 rings (SSSR count). The number of rotatable bonds is 2. The Hall–Kier alpha value is -1.27. The molecule has 7 heteroatoms. The summed E-state index contributed by atoms with van der Waals surface area (Å²) in [6, 6.07) is 1.63. The lowest BCUT2D eigenvalue weighted by atomic mass is 10.3. The van der Waals surface area contributed by atoms with E-state index < -0.39 is 29.0 Å². The summed E-state index contributed by atoms with van der Waals surface area (Å²) in [7, 11) is 0. The highest BCUT2D eigenvalue weighted by Gasteiger charge is 2.14. The van der Waals surface area contributed by atoms with Gasteiger partial charge in [-0.3, -0.25) is 4.79 Å². The number of halogens is 4. The number of nitrogens with one attached hydrogen (secondary N) is 1. The van der Waals surface area contributed by atoms with Crippen LogP contribution in [0.3, 0.4) is 0 Å². The van der Waals surface area contributed by atoms with Crippen LogP contribution in [0.15, 0.2) is 12.1 Å². The Bertz CT molecular complexity index is 373. The van der Waals surface area contributed by atoms with Crippen molar-refractivity contribution in [3.05, 3.63) is 29.6 Å². The van der Waals surface area contributed by atoms with E-state index in [0.717, 1.165) is 6.07 Å². The molecule has 0 saturated heterocycles. The average molecular weight is 241 g/mol. The zero-order valence-electron chi connectivity index (χ0n) is 7.39. The minimum atomic E-state index is -1.63. The number of nitrogens with two attached hydrogens (primary N) is 1. The molecule has 15 heavy (non-hydrogen) atoms. The van der Waals surface area contributed by atoms with Crippen molar-refractivity contribution in [1.29, 1.82) is 0 Å². The molecule has 0 unspecified atom stereocenters. The first-order valence-corrected chi connectivity index (χ1v) is 3.69. The summed E-state index contributed by atoms with van der Waals surface area (Å²) in [5.41, 5.74) is 4.50. The Labute approximate surface area is 89.9 Å². The first-order valence-electron chi connectivity index (χ1n) is 3.69. The van der Waals surface area contributed by atoms with Crippen LogP contribution >= 0.6 is 12.4 Å². The maximum Gasteiger partial charge on any atom is 0.238 e. The molecule has 3 nitrogen and oxygen atoms in total. The lowest BCUT2D eigenvalue weighted by molar-refractivity contribution is -0.114. The first kappa shape index (κ1) is 13.7. The Morgan fingerprint density at radius 2 is 1.87 bits per heavy atom. The lowest BCUT2D eigenvalue weighted by Gasteiger charge is -2.05. The summed E-state index contributed by atoms with van der Waals surface area (Å²) in [6.45, 7) is -0.363. The van der Waals surface area contributed by atoms with Crippen molar-refractivity contribution in [3.8, 4) is 0 Å². The highest BCUT2D eigenvalue weighted by Crippen LogP contribution is 2.19. The molecular weight excluding hydrogens is 233 g/mol. The van der Waals surface area contributed by atoms with E-state index in [2.05, 4.69) is 0 Å². The minimum absolute atomic E-state index is 0. The number of hydrogen-bond acceptors (Lipinski definition) is 2. The van der Waals surface area contributed by atoms with E-state index in [9.17, 15) is 18.0 Å². The maximum atomic E-state index is 12.9. The number of benzene rings is 1. The van der Waals surface area contributed by atoms with Gasteiger partial charge in [-0.25, -0.2) is 13.2 Å². The molecule has 0 aliphatic rings. The van der Waals surface area contributed by atoms with Crippen LogP contribution in [0.2, 0.25) is 0 Å². The van der Waals surface area contributed by atoms with Crippen LogP contribution in [0.1, 0.15) is 0 Å². The molecule has 0 atom stereocenters. The second-order valence-corrected chi connectivity index (χ2v) is 2.48. The Morgan fingerprint density at radius 3 is 2.40 bits per heavy atom. The van der Waals surface area contributed by atoms with Crippen molar-refractivity contribution >= 4 is 24.0 Å². The van der Waals surface area contributed by atoms with Gasteiger partial charge in [-0.2, -0.15) is 0 Å². The number of anilines is 1. The van der Waals surface area contributed by atoms with Crippen LogP contribution in [0.5, 0.6) is 0 Å². The highest BCUT2D eigenvalue weighted by atomic mass is 35.5. The predicted molar refractivity (Wildman–Crippen MR) is 51.2 cm³/mol. The van der Waals surface area contributed by atoms with E-state index in [1.54, 1.807) is 0 Å². The van der Waals surface area contributed by atoms with E-state index in [0.29, 0.717) is 6.07 Å². The van der Waals surface area contributed by atoms with Crippen molar-refractivity contribution in [2.75, 3.05) is 11.9 Å². The molecule has 84 valence electrons. The number of carbonyl (C=O) groups is 1. The molecule has 1 aromatic carbocycles. The summed E-state index contributed by atoms with van der Waals surface area (Å²) >= 11 is 0. The Kier molecular flexibility index (Phi) is 5.10. The number of carbonyl (C=O) groups excluding carboxylic acids is 1. The first-order chi connectivity index (χ1) is 6.56. The van der Waals surface area contributed by atoms with Crippen molar-refractivity contribution < 1.29 is 18.0 Å². The molecule has 0 saturated carbocycles. The fourth-order valence-electron chi connectivity index (χ4n) is 0.824. The van der Waals surface area contributed by atoms with Gasteiger partial charge >= 0.3 is 0 Å². The van der Waals surface area contributed by atoms with Gasteiger partial charge in [0.15, 0.2) is 17.5 Å². The van der Waals surface area contributed by atoms with E-state index in [-0.39, 0.29) is 19.0 Å². The van der Waals surface area contributed by atoms with Crippen LogP contribution in [-0.4, -0.2) is 12.5 Å². The van der Waals surface area contributed by atoms with Gasteiger partial charge in [-0.1, -0.05) is 0 Å². The third-order valence-corrected chi connectivity index (χ3v) is 1.49. The van der Waals surface area contributed by atoms with Gasteiger partial charge in [0, 0.05) is 0 Å². The van der Waals surface area contributed by atoms with Gasteiger partial charge < -0.3 is 11.1 Å². The predicted octanol–water partition coefficient (Wildman–Crippen LogP) is 1.42. The van der Waals surface area contributed by atoms with E-state index in [4.69, 9.17) is 5.73 Å². The normalized spacial score (nSPS) is 9.33. The molecule has 0 aliphatic heterocycles. The summed E-state index contributed by atoms with van der Waals surface area (Å²) in [5.74, 6) is -5.06. The zero-order chi connectivity index (χ0) is 10.7. The molecule has 0 heterocycles. The molecular formula is C8H8ClF3N2O. The SMILES string of the molecule is Cl.NCC(=O)Nc1ccc(F)c(F)c1F. The van der Waals surface area contributed by atoms with Gasteiger partial charge in [0.25, 0.3) is 0 Å². The third kappa shape index (κ3) is 3.10. The Balaban J connectivity index is 0.00000196. The standard InChI is InChI=1S/C8H7F3N2O.ClH/c9-4-1-2-5(8(11)7(4)10)13-6(14)3-12;/h1-2H,3,12H2,(H,13,14);1H. The van der Waals surface area contributed by atoms with Crippen molar-refractivity contribution in [2.24, 2.45) is 5.73 Å².